The molecular formula is C11H21NOS. The maximum Gasteiger partial charge on any atom is 0.0693 e. The lowest BCUT2D eigenvalue weighted by Gasteiger charge is -2.26. The van der Waals surface area contributed by atoms with E-state index < -0.39 is 0 Å². The molecule has 82 valence electrons. The van der Waals surface area contributed by atoms with Crippen LogP contribution in [0.2, 0.25) is 0 Å². The van der Waals surface area contributed by atoms with Gasteiger partial charge >= 0.3 is 0 Å². The Morgan fingerprint density at radius 3 is 2.86 bits per heavy atom. The van der Waals surface area contributed by atoms with Crippen LogP contribution in [0.15, 0.2) is 0 Å². The summed E-state index contributed by atoms with van der Waals surface area (Å²) >= 11 is 2.09. The highest BCUT2D eigenvalue weighted by Crippen LogP contribution is 2.37. The highest BCUT2D eigenvalue weighted by molar-refractivity contribution is 8.00. The quantitative estimate of drug-likeness (QED) is 0.752. The molecule has 2 rings (SSSR count). The second kappa shape index (κ2) is 4.42. The van der Waals surface area contributed by atoms with Crippen molar-refractivity contribution in [1.82, 2.24) is 5.32 Å². The van der Waals surface area contributed by atoms with Gasteiger partial charge in [-0.2, -0.15) is 11.8 Å². The average Bonchev–Trinajstić information content (AvgIpc) is 2.73. The lowest BCUT2D eigenvalue weighted by molar-refractivity contribution is 0.148. The molecular weight excluding hydrogens is 194 g/mol. The second-order valence-electron chi connectivity index (χ2n) is 4.89. The molecule has 3 atom stereocenters. The van der Waals surface area contributed by atoms with Crippen molar-refractivity contribution in [1.29, 1.82) is 0 Å². The van der Waals surface area contributed by atoms with Crippen LogP contribution >= 0.6 is 11.8 Å². The van der Waals surface area contributed by atoms with E-state index in [1.165, 1.54) is 25.0 Å². The van der Waals surface area contributed by atoms with Gasteiger partial charge in [-0.25, -0.2) is 0 Å². The molecule has 1 aliphatic carbocycles. The van der Waals surface area contributed by atoms with Crippen LogP contribution in [0.5, 0.6) is 0 Å². The Balaban J connectivity index is 1.75. The first-order valence-corrected chi connectivity index (χ1v) is 6.74. The van der Waals surface area contributed by atoms with Gasteiger partial charge in [0.15, 0.2) is 0 Å². The largest absolute Gasteiger partial charge is 0.392 e. The summed E-state index contributed by atoms with van der Waals surface area (Å²) in [6.07, 6.45) is 5.92. The van der Waals surface area contributed by atoms with Gasteiger partial charge in [0.05, 0.1) is 6.10 Å². The van der Waals surface area contributed by atoms with Gasteiger partial charge in [0.2, 0.25) is 0 Å². The number of hydrogen-bond acceptors (Lipinski definition) is 3. The van der Waals surface area contributed by atoms with Crippen molar-refractivity contribution in [2.45, 2.75) is 55.9 Å². The molecule has 3 heteroatoms. The molecule has 0 radical (unpaired) electrons. The van der Waals surface area contributed by atoms with E-state index in [4.69, 9.17) is 0 Å². The normalized spacial score (nSPS) is 43.3. The predicted octanol–water partition coefficient (Wildman–Crippen LogP) is 1.78. The Labute approximate surface area is 90.8 Å². The van der Waals surface area contributed by atoms with Crippen molar-refractivity contribution in [3.05, 3.63) is 0 Å². The Bertz CT molecular complexity index is 192. The van der Waals surface area contributed by atoms with Gasteiger partial charge in [-0.15, -0.1) is 0 Å². The SMILES string of the molecule is CC1(CN[C@H]2CCC[C@@H]2O)CCCS1. The molecule has 0 amide bonds. The van der Waals surface area contributed by atoms with Crippen LogP contribution in [0, 0.1) is 0 Å². The molecule has 2 fully saturated rings. The summed E-state index contributed by atoms with van der Waals surface area (Å²) in [5, 5.41) is 13.2. The van der Waals surface area contributed by atoms with Gasteiger partial charge < -0.3 is 10.4 Å². The van der Waals surface area contributed by atoms with E-state index in [0.29, 0.717) is 10.8 Å². The van der Waals surface area contributed by atoms with Crippen LogP contribution in [0.25, 0.3) is 0 Å². The van der Waals surface area contributed by atoms with E-state index in [1.807, 2.05) is 0 Å². The van der Waals surface area contributed by atoms with E-state index in [1.54, 1.807) is 0 Å². The van der Waals surface area contributed by atoms with Crippen LogP contribution in [0.4, 0.5) is 0 Å². The summed E-state index contributed by atoms with van der Waals surface area (Å²) in [4.78, 5) is 0. The zero-order valence-corrected chi connectivity index (χ0v) is 9.78. The summed E-state index contributed by atoms with van der Waals surface area (Å²) in [7, 11) is 0. The van der Waals surface area contributed by atoms with E-state index in [9.17, 15) is 5.11 Å². The number of aliphatic hydroxyl groups excluding tert-OH is 1. The summed E-state index contributed by atoms with van der Waals surface area (Å²) in [6, 6.07) is 0.369. The highest BCUT2D eigenvalue weighted by atomic mass is 32.2. The minimum absolute atomic E-state index is 0.0926. The van der Waals surface area contributed by atoms with Crippen LogP contribution < -0.4 is 5.32 Å². The molecule has 1 saturated heterocycles. The first-order valence-electron chi connectivity index (χ1n) is 5.75. The lowest BCUT2D eigenvalue weighted by atomic mass is 10.0. The molecule has 2 nitrogen and oxygen atoms in total. The minimum atomic E-state index is -0.0926. The molecule has 1 heterocycles. The molecule has 0 bridgehead atoms. The molecule has 0 aromatic rings. The van der Waals surface area contributed by atoms with Crippen molar-refractivity contribution in [3.63, 3.8) is 0 Å². The van der Waals surface area contributed by atoms with Crippen LogP contribution in [-0.4, -0.2) is 34.3 Å². The second-order valence-corrected chi connectivity index (χ2v) is 6.57. The molecule has 2 N–H and O–H groups in total. The third-order valence-electron chi connectivity index (χ3n) is 3.52. The smallest absolute Gasteiger partial charge is 0.0693 e. The van der Waals surface area contributed by atoms with Crippen LogP contribution in [0.3, 0.4) is 0 Å². The molecule has 14 heavy (non-hydrogen) atoms. The topological polar surface area (TPSA) is 32.3 Å². The third-order valence-corrected chi connectivity index (χ3v) is 5.06. The fraction of sp³-hybridized carbons (Fsp3) is 1.00. The van der Waals surface area contributed by atoms with Crippen molar-refractivity contribution in [2.24, 2.45) is 0 Å². The first kappa shape index (κ1) is 10.8. The lowest BCUT2D eigenvalue weighted by Crippen LogP contribution is -2.42. The van der Waals surface area contributed by atoms with Crippen LogP contribution in [-0.2, 0) is 0 Å². The average molecular weight is 215 g/mol. The molecule has 1 aliphatic heterocycles. The summed E-state index contributed by atoms with van der Waals surface area (Å²) in [6.45, 7) is 3.42. The molecule has 0 spiro atoms. The molecule has 0 aromatic carbocycles. The van der Waals surface area contributed by atoms with E-state index in [2.05, 4.69) is 24.0 Å². The Morgan fingerprint density at radius 2 is 2.29 bits per heavy atom. The zero-order valence-electron chi connectivity index (χ0n) is 8.96. The molecule has 1 saturated carbocycles. The standard InChI is InChI=1S/C11H21NOS/c1-11(6-3-7-14-11)8-12-9-4-2-5-10(9)13/h9-10,12-13H,2-8H2,1H3/t9-,10-,11?/m0/s1. The van der Waals surface area contributed by atoms with Gasteiger partial charge in [-0.1, -0.05) is 0 Å². The van der Waals surface area contributed by atoms with Gasteiger partial charge in [-0.3, -0.25) is 0 Å². The number of nitrogens with one attached hydrogen (secondary N) is 1. The Morgan fingerprint density at radius 1 is 1.43 bits per heavy atom. The van der Waals surface area contributed by atoms with Gasteiger partial charge in [0.25, 0.3) is 0 Å². The van der Waals surface area contributed by atoms with Gasteiger partial charge in [0.1, 0.15) is 0 Å². The van der Waals surface area contributed by atoms with Crippen molar-refractivity contribution < 1.29 is 5.11 Å². The number of rotatable bonds is 3. The zero-order chi connectivity index (χ0) is 10.0. The van der Waals surface area contributed by atoms with Gasteiger partial charge in [-0.05, 0) is 44.8 Å². The molecule has 2 aliphatic rings. The van der Waals surface area contributed by atoms with Crippen molar-refractivity contribution >= 4 is 11.8 Å². The fourth-order valence-corrected chi connectivity index (χ4v) is 3.76. The molecule has 0 aromatic heterocycles. The highest BCUT2D eigenvalue weighted by Gasteiger charge is 2.32. The number of hydrogen-bond donors (Lipinski definition) is 2. The monoisotopic (exact) mass is 215 g/mol. The number of aliphatic hydroxyl groups is 1. The van der Waals surface area contributed by atoms with Crippen molar-refractivity contribution in [3.8, 4) is 0 Å². The predicted molar refractivity (Wildman–Crippen MR) is 61.7 cm³/mol. The van der Waals surface area contributed by atoms with Crippen LogP contribution in [0.1, 0.15) is 39.0 Å². The third kappa shape index (κ3) is 2.44. The summed E-state index contributed by atoms with van der Waals surface area (Å²) < 4.78 is 0.433. The maximum atomic E-state index is 9.68. The van der Waals surface area contributed by atoms with Crippen molar-refractivity contribution in [2.75, 3.05) is 12.3 Å². The minimum Gasteiger partial charge on any atom is -0.392 e. The van der Waals surface area contributed by atoms with E-state index in [-0.39, 0.29) is 6.10 Å². The maximum absolute atomic E-state index is 9.68. The Hall–Kier alpha value is 0.270. The fourth-order valence-electron chi connectivity index (χ4n) is 2.50. The molecule has 1 unspecified atom stereocenters. The first-order chi connectivity index (χ1) is 6.70. The van der Waals surface area contributed by atoms with E-state index in [0.717, 1.165) is 19.4 Å². The van der Waals surface area contributed by atoms with Gasteiger partial charge in [0, 0.05) is 17.3 Å². The van der Waals surface area contributed by atoms with E-state index >= 15 is 0 Å². The number of thioether (sulfide) groups is 1. The summed E-state index contributed by atoms with van der Waals surface area (Å²) in [5.74, 6) is 1.31. The Kier molecular flexibility index (Phi) is 3.40. The summed E-state index contributed by atoms with van der Waals surface area (Å²) in [5.41, 5.74) is 0.